The molecule has 2 aromatic rings. The monoisotopic (exact) mass is 324 g/mol. The van der Waals surface area contributed by atoms with Crippen molar-refractivity contribution in [3.05, 3.63) is 48.2 Å². The summed E-state index contributed by atoms with van der Waals surface area (Å²) < 4.78 is 6.63. The number of hydrogen-bond donors (Lipinski definition) is 2. The van der Waals surface area contributed by atoms with E-state index in [0.29, 0.717) is 12.4 Å². The Labute approximate surface area is 136 Å². The van der Waals surface area contributed by atoms with Gasteiger partial charge in [0.25, 0.3) is 0 Å². The molecule has 0 saturated carbocycles. The van der Waals surface area contributed by atoms with Gasteiger partial charge in [0.15, 0.2) is 0 Å². The molecule has 0 saturated heterocycles. The minimum absolute atomic E-state index is 0. The number of nitrogens with two attached hydrogens (primary N) is 1. The molecule has 3 N–H and O–H groups in total. The number of methoxy groups -OCH3 is 1. The number of anilines is 1. The molecule has 7 heteroatoms. The molecule has 1 unspecified atom stereocenters. The quantitative estimate of drug-likeness (QED) is 0.808. The van der Waals surface area contributed by atoms with Gasteiger partial charge in [-0.25, -0.2) is 4.68 Å². The Hall–Kier alpha value is -1.89. The van der Waals surface area contributed by atoms with Crippen LogP contribution in [0.4, 0.5) is 5.82 Å². The van der Waals surface area contributed by atoms with Gasteiger partial charge in [0.2, 0.25) is 5.91 Å². The highest BCUT2D eigenvalue weighted by Gasteiger charge is 2.15. The van der Waals surface area contributed by atoms with E-state index in [0.717, 1.165) is 6.42 Å². The lowest BCUT2D eigenvalue weighted by Gasteiger charge is -2.12. The van der Waals surface area contributed by atoms with E-state index in [2.05, 4.69) is 22.5 Å². The van der Waals surface area contributed by atoms with E-state index in [1.165, 1.54) is 12.7 Å². The van der Waals surface area contributed by atoms with Crippen molar-refractivity contribution in [1.29, 1.82) is 0 Å². The predicted molar refractivity (Wildman–Crippen MR) is 88.1 cm³/mol. The van der Waals surface area contributed by atoms with E-state index in [9.17, 15) is 4.79 Å². The maximum absolute atomic E-state index is 11.9. The fraction of sp³-hybridized carbons (Fsp3) is 0.333. The van der Waals surface area contributed by atoms with Crippen molar-refractivity contribution in [1.82, 2.24) is 9.78 Å². The smallest absolute Gasteiger partial charge is 0.244 e. The van der Waals surface area contributed by atoms with Crippen molar-refractivity contribution in [2.75, 3.05) is 19.0 Å². The average molecular weight is 325 g/mol. The fourth-order valence-corrected chi connectivity index (χ4v) is 1.97. The molecule has 0 bridgehead atoms. The summed E-state index contributed by atoms with van der Waals surface area (Å²) >= 11 is 0. The number of hydrogen-bond acceptors (Lipinski definition) is 4. The zero-order chi connectivity index (χ0) is 15.1. The number of aryl methyl sites for hydroxylation is 2. The first-order chi connectivity index (χ1) is 10.2. The highest BCUT2D eigenvalue weighted by molar-refractivity contribution is 5.94. The zero-order valence-corrected chi connectivity index (χ0v) is 13.3. The number of aromatic nitrogens is 2. The SMILES string of the molecule is COCC(N)C(=O)Nc1ccnn1CCc1ccccc1.Cl. The molecule has 0 aliphatic heterocycles. The van der Waals surface area contributed by atoms with Crippen LogP contribution in [0.15, 0.2) is 42.6 Å². The van der Waals surface area contributed by atoms with Gasteiger partial charge < -0.3 is 15.8 Å². The van der Waals surface area contributed by atoms with E-state index in [1.54, 1.807) is 16.9 Å². The van der Waals surface area contributed by atoms with Gasteiger partial charge in [-0.3, -0.25) is 4.79 Å². The maximum atomic E-state index is 11.9. The Morgan fingerprint density at radius 3 is 2.77 bits per heavy atom. The lowest BCUT2D eigenvalue weighted by Crippen LogP contribution is -2.39. The second-order valence-corrected chi connectivity index (χ2v) is 4.73. The highest BCUT2D eigenvalue weighted by Crippen LogP contribution is 2.09. The summed E-state index contributed by atoms with van der Waals surface area (Å²) in [5.74, 6) is 0.362. The molecule has 2 rings (SSSR count). The van der Waals surface area contributed by atoms with Crippen LogP contribution in [0.1, 0.15) is 5.56 Å². The zero-order valence-electron chi connectivity index (χ0n) is 12.4. The molecule has 120 valence electrons. The van der Waals surface area contributed by atoms with Crippen LogP contribution in [-0.4, -0.2) is 35.4 Å². The summed E-state index contributed by atoms with van der Waals surface area (Å²) in [5, 5.41) is 6.99. The third kappa shape index (κ3) is 5.14. The molecule has 0 aliphatic carbocycles. The Bertz CT molecular complexity index is 574. The number of carbonyl (C=O) groups is 1. The Kier molecular flexibility index (Phi) is 7.59. The lowest BCUT2D eigenvalue weighted by atomic mass is 10.1. The third-order valence-electron chi connectivity index (χ3n) is 3.11. The molecular weight excluding hydrogens is 304 g/mol. The summed E-state index contributed by atoms with van der Waals surface area (Å²) in [7, 11) is 1.51. The minimum Gasteiger partial charge on any atom is -0.383 e. The molecule has 1 atom stereocenters. The number of carbonyl (C=O) groups excluding carboxylic acids is 1. The molecule has 1 heterocycles. The number of benzene rings is 1. The molecule has 0 spiro atoms. The summed E-state index contributed by atoms with van der Waals surface area (Å²) in [6.07, 6.45) is 2.50. The van der Waals surface area contributed by atoms with Crippen LogP contribution < -0.4 is 11.1 Å². The average Bonchev–Trinajstić information content (AvgIpc) is 2.93. The van der Waals surface area contributed by atoms with Crippen molar-refractivity contribution in [2.45, 2.75) is 19.0 Å². The summed E-state index contributed by atoms with van der Waals surface area (Å²) in [5.41, 5.74) is 6.92. The van der Waals surface area contributed by atoms with Crippen LogP contribution >= 0.6 is 12.4 Å². The number of rotatable bonds is 7. The van der Waals surface area contributed by atoms with Crippen molar-refractivity contribution in [3.8, 4) is 0 Å². The van der Waals surface area contributed by atoms with Gasteiger partial charge in [-0.2, -0.15) is 5.10 Å². The van der Waals surface area contributed by atoms with E-state index in [1.807, 2.05) is 18.2 Å². The summed E-state index contributed by atoms with van der Waals surface area (Å²) in [6.45, 7) is 0.871. The molecule has 0 fully saturated rings. The highest BCUT2D eigenvalue weighted by atomic mass is 35.5. The number of ether oxygens (including phenoxy) is 1. The first-order valence-corrected chi connectivity index (χ1v) is 6.82. The van der Waals surface area contributed by atoms with Crippen LogP contribution in [0.5, 0.6) is 0 Å². The van der Waals surface area contributed by atoms with Gasteiger partial charge in [-0.1, -0.05) is 30.3 Å². The number of halogens is 1. The summed E-state index contributed by atoms with van der Waals surface area (Å²) in [6, 6.07) is 11.2. The predicted octanol–water partition coefficient (Wildman–Crippen LogP) is 1.46. The Balaban J connectivity index is 0.00000242. The molecular formula is C15H21ClN4O2. The van der Waals surface area contributed by atoms with Crippen molar-refractivity contribution < 1.29 is 9.53 Å². The van der Waals surface area contributed by atoms with E-state index >= 15 is 0 Å². The molecule has 0 aliphatic rings. The van der Waals surface area contributed by atoms with Crippen LogP contribution in [0.2, 0.25) is 0 Å². The Morgan fingerprint density at radius 1 is 1.36 bits per heavy atom. The van der Waals surface area contributed by atoms with E-state index in [4.69, 9.17) is 10.5 Å². The molecule has 6 nitrogen and oxygen atoms in total. The van der Waals surface area contributed by atoms with Crippen LogP contribution in [0.25, 0.3) is 0 Å². The van der Waals surface area contributed by atoms with Gasteiger partial charge in [0, 0.05) is 19.7 Å². The first kappa shape index (κ1) is 18.2. The summed E-state index contributed by atoms with van der Waals surface area (Å²) in [4.78, 5) is 11.9. The number of amides is 1. The van der Waals surface area contributed by atoms with Gasteiger partial charge >= 0.3 is 0 Å². The van der Waals surface area contributed by atoms with Gasteiger partial charge in [-0.05, 0) is 12.0 Å². The van der Waals surface area contributed by atoms with Crippen molar-refractivity contribution >= 4 is 24.1 Å². The van der Waals surface area contributed by atoms with E-state index < -0.39 is 6.04 Å². The lowest BCUT2D eigenvalue weighted by molar-refractivity contribution is -0.118. The van der Waals surface area contributed by atoms with Crippen molar-refractivity contribution in [2.24, 2.45) is 5.73 Å². The molecule has 22 heavy (non-hydrogen) atoms. The van der Waals surface area contributed by atoms with Crippen LogP contribution in [0.3, 0.4) is 0 Å². The minimum atomic E-state index is -0.688. The van der Waals surface area contributed by atoms with E-state index in [-0.39, 0.29) is 24.9 Å². The Morgan fingerprint density at radius 2 is 2.09 bits per heavy atom. The van der Waals surface area contributed by atoms with Crippen LogP contribution in [0, 0.1) is 0 Å². The number of nitrogens with zero attached hydrogens (tertiary/aromatic N) is 2. The molecule has 1 aromatic heterocycles. The molecule has 1 aromatic carbocycles. The van der Waals surface area contributed by atoms with Gasteiger partial charge in [-0.15, -0.1) is 12.4 Å². The number of nitrogens with one attached hydrogen (secondary N) is 1. The standard InChI is InChI=1S/C15H20N4O2.ClH/c1-21-11-13(16)15(20)18-14-7-9-17-19(14)10-8-12-5-3-2-4-6-12;/h2-7,9,13H,8,10-11,16H2,1H3,(H,18,20);1H. The maximum Gasteiger partial charge on any atom is 0.244 e. The van der Waals surface area contributed by atoms with Crippen molar-refractivity contribution in [3.63, 3.8) is 0 Å². The second-order valence-electron chi connectivity index (χ2n) is 4.73. The topological polar surface area (TPSA) is 82.2 Å². The van der Waals surface area contributed by atoms with Crippen LogP contribution in [-0.2, 0) is 22.5 Å². The first-order valence-electron chi connectivity index (χ1n) is 6.82. The second kappa shape index (κ2) is 9.19. The molecule has 0 radical (unpaired) electrons. The van der Waals surface area contributed by atoms with Gasteiger partial charge in [0.05, 0.1) is 12.8 Å². The third-order valence-corrected chi connectivity index (χ3v) is 3.11. The molecule has 1 amide bonds. The largest absolute Gasteiger partial charge is 0.383 e. The normalized spacial score (nSPS) is 11.5. The van der Waals surface area contributed by atoms with Gasteiger partial charge in [0.1, 0.15) is 11.9 Å². The fourth-order valence-electron chi connectivity index (χ4n) is 1.97.